The Morgan fingerprint density at radius 3 is 2.53 bits per heavy atom. The van der Waals surface area contributed by atoms with Crippen LogP contribution in [0, 0.1) is 0 Å². The third-order valence-corrected chi connectivity index (χ3v) is 2.87. The Morgan fingerprint density at radius 1 is 1.53 bits per heavy atom. The predicted octanol–water partition coefficient (Wildman–Crippen LogP) is 3.30. The van der Waals surface area contributed by atoms with Crippen molar-refractivity contribution >= 4 is 34.9 Å². The highest BCUT2D eigenvalue weighted by Crippen LogP contribution is 2.35. The maximum Gasteiger partial charge on any atom is 0.336 e. The van der Waals surface area contributed by atoms with E-state index in [2.05, 4.69) is 5.32 Å². The van der Waals surface area contributed by atoms with Crippen LogP contribution >= 0.6 is 23.2 Å². The zero-order valence-electron chi connectivity index (χ0n) is 8.40. The summed E-state index contributed by atoms with van der Waals surface area (Å²) in [4.78, 5) is 10.9. The molecule has 0 radical (unpaired) electrons. The van der Waals surface area contributed by atoms with E-state index in [0.29, 0.717) is 27.7 Å². The third kappa shape index (κ3) is 2.19. The molecule has 0 aliphatic heterocycles. The molecule has 1 aromatic rings. The molecule has 0 saturated heterocycles. The number of halogens is 2. The fourth-order valence-electron chi connectivity index (χ4n) is 1.43. The summed E-state index contributed by atoms with van der Waals surface area (Å²) in [6.07, 6.45) is 0.548. The second-order valence-electron chi connectivity index (χ2n) is 2.98. The van der Waals surface area contributed by atoms with E-state index in [1.165, 1.54) is 6.07 Å². The van der Waals surface area contributed by atoms with E-state index in [1.807, 2.05) is 6.92 Å². The molecule has 0 spiro atoms. The molecule has 0 atom stereocenters. The van der Waals surface area contributed by atoms with E-state index in [-0.39, 0.29) is 5.56 Å². The van der Waals surface area contributed by atoms with Gasteiger partial charge >= 0.3 is 5.97 Å². The number of carbonyl (C=O) groups is 1. The van der Waals surface area contributed by atoms with E-state index in [4.69, 9.17) is 28.3 Å². The van der Waals surface area contributed by atoms with Gasteiger partial charge in [-0.05, 0) is 18.1 Å². The minimum atomic E-state index is -1.02. The smallest absolute Gasteiger partial charge is 0.336 e. The van der Waals surface area contributed by atoms with Crippen LogP contribution in [-0.4, -0.2) is 18.1 Å². The molecule has 0 fully saturated rings. The van der Waals surface area contributed by atoms with Crippen LogP contribution in [0.25, 0.3) is 0 Å². The van der Waals surface area contributed by atoms with Crippen LogP contribution in [0.4, 0.5) is 5.69 Å². The number of nitrogens with one attached hydrogen (secondary N) is 1. The Balaban J connectivity index is 3.51. The summed E-state index contributed by atoms with van der Waals surface area (Å²) >= 11 is 12.0. The largest absolute Gasteiger partial charge is 0.478 e. The highest BCUT2D eigenvalue weighted by molar-refractivity contribution is 6.40. The maximum atomic E-state index is 10.9. The van der Waals surface area contributed by atoms with Gasteiger partial charge in [-0.15, -0.1) is 0 Å². The van der Waals surface area contributed by atoms with Crippen LogP contribution in [0.5, 0.6) is 0 Å². The normalized spacial score (nSPS) is 10.1. The van der Waals surface area contributed by atoms with Crippen molar-refractivity contribution in [2.45, 2.75) is 13.3 Å². The monoisotopic (exact) mass is 247 g/mol. The summed E-state index contributed by atoms with van der Waals surface area (Å²) in [6.45, 7) is 1.85. The average molecular weight is 248 g/mol. The highest BCUT2D eigenvalue weighted by Gasteiger charge is 2.17. The van der Waals surface area contributed by atoms with Gasteiger partial charge in [0.25, 0.3) is 0 Å². The first-order chi connectivity index (χ1) is 7.02. The van der Waals surface area contributed by atoms with Gasteiger partial charge in [-0.1, -0.05) is 30.1 Å². The number of benzene rings is 1. The van der Waals surface area contributed by atoms with Gasteiger partial charge in [-0.25, -0.2) is 4.79 Å². The van der Waals surface area contributed by atoms with Crippen molar-refractivity contribution in [3.8, 4) is 0 Å². The van der Waals surface area contributed by atoms with Gasteiger partial charge in [-0.3, -0.25) is 0 Å². The third-order valence-electron chi connectivity index (χ3n) is 2.15. The lowest BCUT2D eigenvalue weighted by atomic mass is 10.0. The van der Waals surface area contributed by atoms with Crippen molar-refractivity contribution in [1.29, 1.82) is 0 Å². The molecule has 15 heavy (non-hydrogen) atoms. The second kappa shape index (κ2) is 4.73. The van der Waals surface area contributed by atoms with Crippen LogP contribution in [0.15, 0.2) is 6.07 Å². The van der Waals surface area contributed by atoms with Crippen LogP contribution < -0.4 is 5.32 Å². The fourth-order valence-corrected chi connectivity index (χ4v) is 2.20. The number of hydrogen-bond donors (Lipinski definition) is 2. The molecule has 1 aromatic carbocycles. The van der Waals surface area contributed by atoms with Crippen molar-refractivity contribution in [2.75, 3.05) is 12.4 Å². The molecule has 0 aliphatic rings. The molecule has 5 heteroatoms. The maximum absolute atomic E-state index is 10.9. The molecule has 0 aliphatic carbocycles. The van der Waals surface area contributed by atoms with Crippen LogP contribution in [-0.2, 0) is 6.42 Å². The Morgan fingerprint density at radius 2 is 2.13 bits per heavy atom. The molecule has 1 rings (SSSR count). The summed E-state index contributed by atoms with van der Waals surface area (Å²) in [5.41, 5.74) is 1.32. The van der Waals surface area contributed by atoms with Gasteiger partial charge in [-0.2, -0.15) is 0 Å². The fraction of sp³-hybridized carbons (Fsp3) is 0.300. The molecule has 0 bridgehead atoms. The Kier molecular flexibility index (Phi) is 3.83. The van der Waals surface area contributed by atoms with Crippen molar-refractivity contribution in [2.24, 2.45) is 0 Å². The summed E-state index contributed by atoms with van der Waals surface area (Å²) in [7, 11) is 1.69. The first-order valence-corrected chi connectivity index (χ1v) is 5.20. The number of carboxylic acids is 1. The first-order valence-electron chi connectivity index (χ1n) is 4.44. The molecule has 0 unspecified atom stereocenters. The number of hydrogen-bond acceptors (Lipinski definition) is 2. The lowest BCUT2D eigenvalue weighted by Crippen LogP contribution is -2.05. The summed E-state index contributed by atoms with van der Waals surface area (Å²) in [5.74, 6) is -1.02. The van der Waals surface area contributed by atoms with Crippen LogP contribution in [0.2, 0.25) is 10.0 Å². The zero-order chi connectivity index (χ0) is 11.6. The molecule has 0 heterocycles. The topological polar surface area (TPSA) is 49.3 Å². The Hall–Kier alpha value is -0.930. The predicted molar refractivity (Wildman–Crippen MR) is 62.3 cm³/mol. The van der Waals surface area contributed by atoms with Gasteiger partial charge in [0.15, 0.2) is 0 Å². The Bertz CT molecular complexity index is 405. The minimum Gasteiger partial charge on any atom is -0.478 e. The second-order valence-corrected chi connectivity index (χ2v) is 3.77. The molecule has 0 amide bonds. The molecular formula is C10H11Cl2NO2. The number of anilines is 1. The van der Waals surface area contributed by atoms with Crippen LogP contribution in [0.3, 0.4) is 0 Å². The molecule has 0 saturated carbocycles. The SMILES string of the molecule is CCc1c(C(=O)O)cc(Cl)c(NC)c1Cl. The van der Waals surface area contributed by atoms with E-state index in [9.17, 15) is 4.79 Å². The van der Waals surface area contributed by atoms with Crippen LogP contribution in [0.1, 0.15) is 22.8 Å². The molecule has 82 valence electrons. The quantitative estimate of drug-likeness (QED) is 0.862. The van der Waals surface area contributed by atoms with Gasteiger partial charge in [0, 0.05) is 7.05 Å². The standard InChI is InChI=1S/C10H11Cl2NO2/c1-3-5-6(10(14)15)4-7(11)9(13-2)8(5)12/h4,13H,3H2,1-2H3,(H,14,15). The van der Waals surface area contributed by atoms with E-state index in [1.54, 1.807) is 7.05 Å². The molecular weight excluding hydrogens is 237 g/mol. The first kappa shape index (κ1) is 12.1. The summed E-state index contributed by atoms with van der Waals surface area (Å²) in [5, 5.41) is 12.5. The van der Waals surface area contributed by atoms with E-state index in [0.717, 1.165) is 0 Å². The van der Waals surface area contributed by atoms with Crippen molar-refractivity contribution < 1.29 is 9.90 Å². The van der Waals surface area contributed by atoms with Crippen molar-refractivity contribution in [3.63, 3.8) is 0 Å². The van der Waals surface area contributed by atoms with Crippen molar-refractivity contribution in [3.05, 3.63) is 27.2 Å². The molecule has 0 aromatic heterocycles. The van der Waals surface area contributed by atoms with Gasteiger partial charge in [0.2, 0.25) is 0 Å². The lowest BCUT2D eigenvalue weighted by molar-refractivity contribution is 0.0696. The molecule has 3 nitrogen and oxygen atoms in total. The number of rotatable bonds is 3. The molecule has 2 N–H and O–H groups in total. The highest BCUT2D eigenvalue weighted by atomic mass is 35.5. The summed E-state index contributed by atoms with van der Waals surface area (Å²) < 4.78 is 0. The van der Waals surface area contributed by atoms with E-state index < -0.39 is 5.97 Å². The van der Waals surface area contributed by atoms with Gasteiger partial charge in [0.1, 0.15) is 0 Å². The Labute approximate surface area is 98.0 Å². The van der Waals surface area contributed by atoms with Crippen molar-refractivity contribution in [1.82, 2.24) is 0 Å². The minimum absolute atomic E-state index is 0.159. The lowest BCUT2D eigenvalue weighted by Gasteiger charge is -2.12. The summed E-state index contributed by atoms with van der Waals surface area (Å²) in [6, 6.07) is 1.42. The number of carboxylic acid groups (broad SMARTS) is 1. The van der Waals surface area contributed by atoms with Gasteiger partial charge < -0.3 is 10.4 Å². The van der Waals surface area contributed by atoms with Gasteiger partial charge in [0.05, 0.1) is 21.3 Å². The average Bonchev–Trinajstić information content (AvgIpc) is 2.17. The number of aromatic carboxylic acids is 1. The zero-order valence-corrected chi connectivity index (χ0v) is 9.91. The van der Waals surface area contributed by atoms with E-state index >= 15 is 0 Å².